The summed E-state index contributed by atoms with van der Waals surface area (Å²) in [5.74, 6) is -1.83. The van der Waals surface area contributed by atoms with Crippen LogP contribution in [0.1, 0.15) is 16.8 Å². The van der Waals surface area contributed by atoms with Crippen molar-refractivity contribution in [3.05, 3.63) is 28.0 Å². The van der Waals surface area contributed by atoms with E-state index in [4.69, 9.17) is 14.6 Å². The number of nitrogens with two attached hydrogens (primary N) is 1. The molecule has 0 heterocycles. The van der Waals surface area contributed by atoms with Crippen LogP contribution in [0.25, 0.3) is 0 Å². The van der Waals surface area contributed by atoms with Crippen LogP contribution >= 0.6 is 15.9 Å². The molecule has 0 spiro atoms. The molecule has 0 fully saturated rings. The first-order valence-electron chi connectivity index (χ1n) is 5.45. The van der Waals surface area contributed by atoms with Gasteiger partial charge >= 0.3 is 5.97 Å². The van der Waals surface area contributed by atoms with E-state index >= 15 is 0 Å². The van der Waals surface area contributed by atoms with Crippen LogP contribution in [0, 0.1) is 5.82 Å². The Hall–Kier alpha value is -1.03. The molecular weight excluding hydrogens is 357 g/mol. The number of hydrogen-bond acceptors (Lipinski definition) is 5. The van der Waals surface area contributed by atoms with Gasteiger partial charge in [-0.1, -0.05) is 0 Å². The maximum Gasteiger partial charge on any atom is 0.339 e. The Bertz CT molecular complexity index is 605. The fourth-order valence-electron chi connectivity index (χ4n) is 1.35. The monoisotopic (exact) mass is 369 g/mol. The Morgan fingerprint density at radius 1 is 1.40 bits per heavy atom. The zero-order chi connectivity index (χ0) is 15.3. The third-order valence-electron chi connectivity index (χ3n) is 2.27. The molecule has 0 aromatic heterocycles. The highest BCUT2D eigenvalue weighted by Crippen LogP contribution is 2.24. The molecule has 0 bridgehead atoms. The van der Waals surface area contributed by atoms with Crippen LogP contribution in [0.15, 0.2) is 21.5 Å². The minimum absolute atomic E-state index is 0.0825. The van der Waals surface area contributed by atoms with Crippen molar-refractivity contribution < 1.29 is 27.1 Å². The van der Waals surface area contributed by atoms with Gasteiger partial charge < -0.3 is 9.47 Å². The van der Waals surface area contributed by atoms with Crippen LogP contribution in [0.3, 0.4) is 0 Å². The lowest BCUT2D eigenvalue weighted by Gasteiger charge is -2.08. The van der Waals surface area contributed by atoms with E-state index in [1.165, 1.54) is 7.11 Å². The van der Waals surface area contributed by atoms with E-state index in [0.29, 0.717) is 13.0 Å². The van der Waals surface area contributed by atoms with Crippen LogP contribution in [-0.4, -0.2) is 34.7 Å². The van der Waals surface area contributed by atoms with Gasteiger partial charge in [0.15, 0.2) is 0 Å². The van der Waals surface area contributed by atoms with Crippen LogP contribution in [0.2, 0.25) is 0 Å². The Kier molecular flexibility index (Phi) is 6.06. The summed E-state index contributed by atoms with van der Waals surface area (Å²) >= 11 is 2.97. The lowest BCUT2D eigenvalue weighted by molar-refractivity contribution is 0.0467. The number of carbonyl (C=O) groups is 1. The van der Waals surface area contributed by atoms with E-state index in [9.17, 15) is 17.6 Å². The highest BCUT2D eigenvalue weighted by Gasteiger charge is 2.21. The summed E-state index contributed by atoms with van der Waals surface area (Å²) in [6, 6.07) is 1.69. The molecule has 0 saturated carbocycles. The summed E-state index contributed by atoms with van der Waals surface area (Å²) in [6.07, 6.45) is 0.489. The molecule has 0 radical (unpaired) electrons. The van der Waals surface area contributed by atoms with Gasteiger partial charge in [0.05, 0.1) is 12.2 Å². The first-order valence-corrected chi connectivity index (χ1v) is 7.79. The number of methoxy groups -OCH3 is 1. The van der Waals surface area contributed by atoms with Crippen LogP contribution in [-0.2, 0) is 19.5 Å². The molecule has 112 valence electrons. The van der Waals surface area contributed by atoms with Gasteiger partial charge in [-0.2, -0.15) is 0 Å². The molecule has 0 unspecified atom stereocenters. The molecular formula is C11H13BrFNO5S. The maximum atomic E-state index is 13.5. The third kappa shape index (κ3) is 4.51. The number of benzene rings is 1. The first kappa shape index (κ1) is 17.0. The van der Waals surface area contributed by atoms with Gasteiger partial charge in [0.25, 0.3) is 0 Å². The van der Waals surface area contributed by atoms with E-state index < -0.39 is 26.7 Å². The Balaban J connectivity index is 2.98. The number of ether oxygens (including phenoxy) is 2. The predicted molar refractivity (Wildman–Crippen MR) is 72.2 cm³/mol. The standard InChI is InChI=1S/C11H13BrFNO5S/c1-18-3-2-4-19-11(15)7-5-10(20(14,16)17)9(13)6-8(7)12/h5-6H,2-4H2,1H3,(H2,14,16,17). The van der Waals surface area contributed by atoms with Gasteiger partial charge in [0.2, 0.25) is 10.0 Å². The average Bonchev–Trinajstić information content (AvgIpc) is 2.32. The molecule has 1 rings (SSSR count). The van der Waals surface area contributed by atoms with Crippen molar-refractivity contribution in [1.29, 1.82) is 0 Å². The first-order chi connectivity index (χ1) is 9.27. The van der Waals surface area contributed by atoms with Crippen LogP contribution < -0.4 is 5.14 Å². The second-order valence-corrected chi connectivity index (χ2v) is 6.17. The molecule has 2 N–H and O–H groups in total. The van der Waals surface area contributed by atoms with Crippen molar-refractivity contribution in [2.24, 2.45) is 5.14 Å². The summed E-state index contributed by atoms with van der Waals surface area (Å²) in [6.45, 7) is 0.515. The molecule has 0 saturated heterocycles. The van der Waals surface area contributed by atoms with Crippen molar-refractivity contribution in [2.75, 3.05) is 20.3 Å². The average molecular weight is 370 g/mol. The van der Waals surface area contributed by atoms with Crippen molar-refractivity contribution in [3.63, 3.8) is 0 Å². The number of sulfonamides is 1. The molecule has 0 aliphatic rings. The SMILES string of the molecule is COCCCOC(=O)c1cc(S(N)(=O)=O)c(F)cc1Br. The van der Waals surface area contributed by atoms with E-state index in [-0.39, 0.29) is 16.6 Å². The topological polar surface area (TPSA) is 95.7 Å². The lowest BCUT2D eigenvalue weighted by Crippen LogP contribution is -2.16. The largest absolute Gasteiger partial charge is 0.462 e. The molecule has 20 heavy (non-hydrogen) atoms. The second kappa shape index (κ2) is 7.11. The summed E-state index contributed by atoms with van der Waals surface area (Å²) in [4.78, 5) is 11.0. The van der Waals surface area contributed by atoms with Gasteiger partial charge in [0.1, 0.15) is 10.7 Å². The Morgan fingerprint density at radius 3 is 2.60 bits per heavy atom. The molecule has 0 amide bonds. The van der Waals surface area contributed by atoms with Crippen molar-refractivity contribution in [1.82, 2.24) is 0 Å². The fourth-order valence-corrected chi connectivity index (χ4v) is 2.44. The van der Waals surface area contributed by atoms with Crippen molar-refractivity contribution >= 4 is 31.9 Å². The molecule has 1 aromatic carbocycles. The minimum atomic E-state index is -4.26. The van der Waals surface area contributed by atoms with Gasteiger partial charge in [-0.3, -0.25) is 0 Å². The lowest BCUT2D eigenvalue weighted by atomic mass is 10.2. The quantitative estimate of drug-likeness (QED) is 0.604. The molecule has 6 nitrogen and oxygen atoms in total. The zero-order valence-corrected chi connectivity index (χ0v) is 13.0. The minimum Gasteiger partial charge on any atom is -0.462 e. The number of esters is 1. The van der Waals surface area contributed by atoms with E-state index in [0.717, 1.165) is 12.1 Å². The molecule has 9 heteroatoms. The molecule has 0 aliphatic heterocycles. The van der Waals surface area contributed by atoms with Gasteiger partial charge in [0, 0.05) is 24.6 Å². The summed E-state index contributed by atoms with van der Waals surface area (Å²) in [5, 5.41) is 4.86. The zero-order valence-electron chi connectivity index (χ0n) is 10.6. The highest BCUT2D eigenvalue weighted by molar-refractivity contribution is 9.10. The highest BCUT2D eigenvalue weighted by atomic mass is 79.9. The predicted octanol–water partition coefficient (Wildman–Crippen LogP) is 1.43. The number of rotatable bonds is 6. The Labute approximate surface area is 124 Å². The Morgan fingerprint density at radius 2 is 2.05 bits per heavy atom. The molecule has 0 atom stereocenters. The summed E-state index contributed by atoms with van der Waals surface area (Å²) < 4.78 is 45.7. The van der Waals surface area contributed by atoms with E-state index in [1.807, 2.05) is 0 Å². The summed E-state index contributed by atoms with van der Waals surface area (Å²) in [5.41, 5.74) is -0.118. The fraction of sp³-hybridized carbons (Fsp3) is 0.364. The second-order valence-electron chi connectivity index (χ2n) is 3.79. The smallest absolute Gasteiger partial charge is 0.339 e. The van der Waals surface area contributed by atoms with Gasteiger partial charge in [-0.25, -0.2) is 22.7 Å². The third-order valence-corrected chi connectivity index (χ3v) is 3.86. The van der Waals surface area contributed by atoms with Crippen LogP contribution in [0.5, 0.6) is 0 Å². The van der Waals surface area contributed by atoms with Crippen molar-refractivity contribution in [2.45, 2.75) is 11.3 Å². The van der Waals surface area contributed by atoms with E-state index in [1.54, 1.807) is 0 Å². The number of carbonyl (C=O) groups excluding carboxylic acids is 1. The van der Waals surface area contributed by atoms with E-state index in [2.05, 4.69) is 15.9 Å². The number of hydrogen-bond donors (Lipinski definition) is 1. The van der Waals surface area contributed by atoms with Gasteiger partial charge in [-0.15, -0.1) is 0 Å². The molecule has 1 aromatic rings. The number of primary sulfonamides is 1. The molecule has 0 aliphatic carbocycles. The maximum absolute atomic E-state index is 13.5. The number of halogens is 2. The van der Waals surface area contributed by atoms with Crippen LogP contribution in [0.4, 0.5) is 4.39 Å². The van der Waals surface area contributed by atoms with Gasteiger partial charge in [-0.05, 0) is 28.1 Å². The summed E-state index contributed by atoms with van der Waals surface area (Å²) in [7, 11) is -2.75. The van der Waals surface area contributed by atoms with Crippen molar-refractivity contribution in [3.8, 4) is 0 Å². The normalized spacial score (nSPS) is 11.4.